The highest BCUT2D eigenvalue weighted by Crippen LogP contribution is 2.24. The van der Waals surface area contributed by atoms with E-state index in [4.69, 9.17) is 16.1 Å². The smallest absolute Gasteiger partial charge is 0.261 e. The molecule has 0 saturated carbocycles. The first-order valence-corrected chi connectivity index (χ1v) is 9.21. The molecular weight excluding hydrogens is 399 g/mol. The van der Waals surface area contributed by atoms with Crippen molar-refractivity contribution in [1.82, 2.24) is 30.1 Å². The van der Waals surface area contributed by atoms with Gasteiger partial charge in [0, 0.05) is 17.1 Å². The van der Waals surface area contributed by atoms with Crippen LogP contribution in [0.15, 0.2) is 41.1 Å². The molecule has 0 fully saturated rings. The number of nitrogens with zero attached hydrogens (tertiary/aromatic N) is 5. The Morgan fingerprint density at radius 2 is 2.14 bits per heavy atom. The molecule has 1 aromatic carbocycles. The minimum absolute atomic E-state index is 0.0382. The van der Waals surface area contributed by atoms with Crippen molar-refractivity contribution >= 4 is 23.2 Å². The summed E-state index contributed by atoms with van der Waals surface area (Å²) in [5.41, 5.74) is 0.988. The quantitative estimate of drug-likeness (QED) is 0.535. The Bertz CT molecular complexity index is 1200. The van der Waals surface area contributed by atoms with Gasteiger partial charge in [0.25, 0.3) is 11.8 Å². The number of hydrogen-bond acceptors (Lipinski definition) is 6. The van der Waals surface area contributed by atoms with Crippen molar-refractivity contribution < 1.29 is 13.7 Å². The third kappa shape index (κ3) is 3.68. The van der Waals surface area contributed by atoms with Gasteiger partial charge in [-0.2, -0.15) is 4.98 Å². The van der Waals surface area contributed by atoms with Crippen LogP contribution < -0.4 is 5.32 Å². The lowest BCUT2D eigenvalue weighted by molar-refractivity contribution is 0.0945. The van der Waals surface area contributed by atoms with E-state index >= 15 is 0 Å². The fourth-order valence-electron chi connectivity index (χ4n) is 2.76. The van der Waals surface area contributed by atoms with Crippen LogP contribution in [0.5, 0.6) is 0 Å². The summed E-state index contributed by atoms with van der Waals surface area (Å²) in [6.45, 7) is 3.97. The number of carbonyl (C=O) groups excluding carboxylic acids is 1. The van der Waals surface area contributed by atoms with E-state index in [1.165, 1.54) is 12.1 Å². The van der Waals surface area contributed by atoms with Gasteiger partial charge >= 0.3 is 0 Å². The predicted molar refractivity (Wildman–Crippen MR) is 103 cm³/mol. The highest BCUT2D eigenvalue weighted by molar-refractivity contribution is 6.31. The summed E-state index contributed by atoms with van der Waals surface area (Å²) in [5.74, 6) is 0.263. The fourth-order valence-corrected chi connectivity index (χ4v) is 2.93. The maximum Gasteiger partial charge on any atom is 0.261 e. The van der Waals surface area contributed by atoms with Gasteiger partial charge in [0.05, 0.1) is 17.7 Å². The van der Waals surface area contributed by atoms with Crippen molar-refractivity contribution in [2.45, 2.75) is 26.3 Å². The van der Waals surface area contributed by atoms with Crippen LogP contribution in [0, 0.1) is 5.82 Å². The molecule has 148 valence electrons. The zero-order chi connectivity index (χ0) is 20.5. The van der Waals surface area contributed by atoms with E-state index in [1.807, 2.05) is 13.8 Å². The van der Waals surface area contributed by atoms with Crippen molar-refractivity contribution in [2.24, 2.45) is 0 Å². The number of fused-ring (bicyclic) bond motifs is 1. The van der Waals surface area contributed by atoms with Crippen LogP contribution in [-0.2, 0) is 6.54 Å². The lowest BCUT2D eigenvalue weighted by atomic mass is 10.2. The maximum absolute atomic E-state index is 13.9. The monoisotopic (exact) mass is 414 g/mol. The third-order valence-electron chi connectivity index (χ3n) is 4.27. The van der Waals surface area contributed by atoms with E-state index in [2.05, 4.69) is 25.7 Å². The minimum Gasteiger partial charge on any atom is -0.345 e. The van der Waals surface area contributed by atoms with E-state index in [0.29, 0.717) is 28.8 Å². The Hall–Kier alpha value is -3.33. The molecule has 0 radical (unpaired) electrons. The number of carbonyl (C=O) groups is 1. The molecular formula is C19H16ClFN6O2. The first-order chi connectivity index (χ1) is 13.9. The second kappa shape index (κ2) is 7.59. The molecule has 4 aromatic rings. The van der Waals surface area contributed by atoms with Crippen LogP contribution in [0.2, 0.25) is 5.02 Å². The topological polar surface area (TPSA) is 98.2 Å². The number of pyridine rings is 1. The SMILES string of the molecule is CC(C)c1noc(-c2cccn3c(CNC(=O)c4cc(Cl)ccc4F)nnc23)n1. The first-order valence-electron chi connectivity index (χ1n) is 8.84. The summed E-state index contributed by atoms with van der Waals surface area (Å²) in [5, 5.41) is 15.2. The highest BCUT2D eigenvalue weighted by atomic mass is 35.5. The first kappa shape index (κ1) is 19.0. The number of aromatic nitrogens is 5. The number of amides is 1. The summed E-state index contributed by atoms with van der Waals surface area (Å²) in [7, 11) is 0. The zero-order valence-corrected chi connectivity index (χ0v) is 16.3. The molecule has 0 spiro atoms. The standard InChI is InChI=1S/C19H16ClFN6O2/c1-10(2)16-23-19(29-26-16)12-4-3-7-27-15(24-25-17(12)27)9-22-18(28)13-8-11(20)5-6-14(13)21/h3-8,10H,9H2,1-2H3,(H,22,28). The largest absolute Gasteiger partial charge is 0.345 e. The summed E-state index contributed by atoms with van der Waals surface area (Å²) in [6.07, 6.45) is 1.75. The molecule has 10 heteroatoms. The van der Waals surface area contributed by atoms with Gasteiger partial charge in [0.1, 0.15) is 5.82 Å². The molecule has 0 unspecified atom stereocenters. The maximum atomic E-state index is 13.9. The van der Waals surface area contributed by atoms with Crippen LogP contribution in [0.3, 0.4) is 0 Å². The van der Waals surface area contributed by atoms with Gasteiger partial charge in [-0.1, -0.05) is 30.6 Å². The van der Waals surface area contributed by atoms with E-state index in [9.17, 15) is 9.18 Å². The molecule has 3 heterocycles. The molecule has 1 amide bonds. The van der Waals surface area contributed by atoms with Crippen molar-refractivity contribution in [3.63, 3.8) is 0 Å². The Labute approximate surface area is 169 Å². The lowest BCUT2D eigenvalue weighted by Gasteiger charge is -2.06. The Morgan fingerprint density at radius 1 is 1.31 bits per heavy atom. The highest BCUT2D eigenvalue weighted by Gasteiger charge is 2.18. The van der Waals surface area contributed by atoms with Gasteiger partial charge in [-0.15, -0.1) is 10.2 Å². The Balaban J connectivity index is 1.59. The summed E-state index contributed by atoms with van der Waals surface area (Å²) >= 11 is 5.84. The van der Waals surface area contributed by atoms with E-state index in [1.54, 1.807) is 22.7 Å². The lowest BCUT2D eigenvalue weighted by Crippen LogP contribution is -2.25. The molecule has 0 aliphatic rings. The Morgan fingerprint density at radius 3 is 2.90 bits per heavy atom. The second-order valence-electron chi connectivity index (χ2n) is 6.65. The predicted octanol–water partition coefficient (Wildman–Crippen LogP) is 3.63. The number of halogens is 2. The van der Waals surface area contributed by atoms with Crippen molar-refractivity contribution in [1.29, 1.82) is 0 Å². The summed E-state index contributed by atoms with van der Waals surface area (Å²) in [4.78, 5) is 16.7. The molecule has 3 aromatic heterocycles. The summed E-state index contributed by atoms with van der Waals surface area (Å²) in [6, 6.07) is 7.38. The second-order valence-corrected chi connectivity index (χ2v) is 7.09. The number of nitrogens with one attached hydrogen (secondary N) is 1. The molecule has 1 N–H and O–H groups in total. The normalized spacial score (nSPS) is 11.3. The summed E-state index contributed by atoms with van der Waals surface area (Å²) < 4.78 is 20.9. The average molecular weight is 415 g/mol. The molecule has 0 aliphatic heterocycles. The molecule has 0 saturated heterocycles. The zero-order valence-electron chi connectivity index (χ0n) is 15.6. The van der Waals surface area contributed by atoms with Gasteiger partial charge in [0.15, 0.2) is 17.3 Å². The van der Waals surface area contributed by atoms with Crippen molar-refractivity contribution in [2.75, 3.05) is 0 Å². The van der Waals surface area contributed by atoms with Crippen LogP contribution in [0.4, 0.5) is 4.39 Å². The van der Waals surface area contributed by atoms with Gasteiger partial charge < -0.3 is 9.84 Å². The molecule has 8 nitrogen and oxygen atoms in total. The molecule has 0 bridgehead atoms. The number of benzene rings is 1. The van der Waals surface area contributed by atoms with E-state index in [-0.39, 0.29) is 23.0 Å². The van der Waals surface area contributed by atoms with Gasteiger partial charge in [-0.3, -0.25) is 9.20 Å². The minimum atomic E-state index is -0.655. The van der Waals surface area contributed by atoms with Crippen LogP contribution in [-0.4, -0.2) is 30.6 Å². The van der Waals surface area contributed by atoms with Crippen molar-refractivity contribution in [3.8, 4) is 11.5 Å². The molecule has 0 aliphatic carbocycles. The average Bonchev–Trinajstić information content (AvgIpc) is 3.35. The van der Waals surface area contributed by atoms with Gasteiger partial charge in [-0.05, 0) is 30.3 Å². The Kier molecular flexibility index (Phi) is 4.98. The van der Waals surface area contributed by atoms with Gasteiger partial charge in [-0.25, -0.2) is 4.39 Å². The third-order valence-corrected chi connectivity index (χ3v) is 4.51. The van der Waals surface area contributed by atoms with Gasteiger partial charge in [0.2, 0.25) is 0 Å². The molecule has 0 atom stereocenters. The van der Waals surface area contributed by atoms with Crippen molar-refractivity contribution in [3.05, 3.63) is 64.6 Å². The van der Waals surface area contributed by atoms with E-state index in [0.717, 1.165) is 6.07 Å². The van der Waals surface area contributed by atoms with Crippen LogP contribution >= 0.6 is 11.6 Å². The fraction of sp³-hybridized carbons (Fsp3) is 0.211. The molecule has 29 heavy (non-hydrogen) atoms. The molecule has 4 rings (SSSR count). The van der Waals surface area contributed by atoms with E-state index < -0.39 is 11.7 Å². The van der Waals surface area contributed by atoms with Crippen LogP contribution in [0.25, 0.3) is 17.1 Å². The number of rotatable bonds is 5. The van der Waals surface area contributed by atoms with Crippen LogP contribution in [0.1, 0.15) is 41.8 Å². The number of hydrogen-bond donors (Lipinski definition) is 1.